The van der Waals surface area contributed by atoms with Crippen molar-refractivity contribution >= 4 is 17.3 Å². The van der Waals surface area contributed by atoms with E-state index >= 15 is 0 Å². The fourth-order valence-corrected chi connectivity index (χ4v) is 2.78. The Kier molecular flexibility index (Phi) is 4.72. The van der Waals surface area contributed by atoms with Crippen molar-refractivity contribution in [3.63, 3.8) is 0 Å². The first kappa shape index (κ1) is 13.5. The van der Waals surface area contributed by atoms with Gasteiger partial charge in [0.1, 0.15) is 5.75 Å². The van der Waals surface area contributed by atoms with Gasteiger partial charge in [0.25, 0.3) is 0 Å². The molecule has 1 aliphatic rings. The highest BCUT2D eigenvalue weighted by Crippen LogP contribution is 2.34. The van der Waals surface area contributed by atoms with Crippen molar-refractivity contribution in [2.24, 2.45) is 5.92 Å². The molecule has 4 heteroatoms. The lowest BCUT2D eigenvalue weighted by molar-refractivity contribution is 0.244. The molecule has 1 aromatic rings. The van der Waals surface area contributed by atoms with E-state index in [1.165, 1.54) is 6.42 Å². The van der Waals surface area contributed by atoms with Gasteiger partial charge < -0.3 is 14.7 Å². The average Bonchev–Trinajstić information content (AvgIpc) is 2.39. The summed E-state index contributed by atoms with van der Waals surface area (Å²) in [7, 11) is 1.68. The number of ether oxygens (including phenoxy) is 1. The van der Waals surface area contributed by atoms with Crippen LogP contribution in [0.5, 0.6) is 5.75 Å². The van der Waals surface area contributed by atoms with E-state index in [9.17, 15) is 0 Å². The maximum absolute atomic E-state index is 9.06. The molecule has 3 nitrogen and oxygen atoms in total. The Hall–Kier alpha value is -0.930. The molecule has 0 aromatic heterocycles. The molecule has 1 heterocycles. The molecule has 1 aromatic carbocycles. The molecule has 100 valence electrons. The lowest BCUT2D eigenvalue weighted by Gasteiger charge is -2.35. The summed E-state index contributed by atoms with van der Waals surface area (Å²) >= 11 is 6.07. The zero-order valence-electron chi connectivity index (χ0n) is 10.7. The van der Waals surface area contributed by atoms with E-state index in [0.29, 0.717) is 5.92 Å². The van der Waals surface area contributed by atoms with Crippen LogP contribution in [-0.4, -0.2) is 31.9 Å². The van der Waals surface area contributed by atoms with Gasteiger partial charge in [-0.1, -0.05) is 11.6 Å². The fraction of sp³-hybridized carbons (Fsp3) is 0.571. The SMILES string of the molecule is COc1ccc(Cl)cc1N1CCCC(CCO)C1. The molecule has 2 rings (SSSR count). The van der Waals surface area contributed by atoms with Crippen LogP contribution in [0.4, 0.5) is 5.69 Å². The van der Waals surface area contributed by atoms with E-state index in [1.807, 2.05) is 18.2 Å². The summed E-state index contributed by atoms with van der Waals surface area (Å²) in [4.78, 5) is 2.31. The van der Waals surface area contributed by atoms with Crippen LogP contribution in [0.2, 0.25) is 5.02 Å². The Morgan fingerprint density at radius 2 is 2.33 bits per heavy atom. The molecular formula is C14H20ClNO2. The van der Waals surface area contributed by atoms with Gasteiger partial charge >= 0.3 is 0 Å². The Balaban J connectivity index is 2.17. The summed E-state index contributed by atoms with van der Waals surface area (Å²) in [5.74, 6) is 1.43. The van der Waals surface area contributed by atoms with Gasteiger partial charge in [-0.05, 0) is 43.4 Å². The van der Waals surface area contributed by atoms with Crippen LogP contribution in [0.25, 0.3) is 0 Å². The summed E-state index contributed by atoms with van der Waals surface area (Å²) in [5.41, 5.74) is 1.06. The zero-order chi connectivity index (χ0) is 13.0. The second kappa shape index (κ2) is 6.30. The van der Waals surface area contributed by atoms with Crippen molar-refractivity contribution < 1.29 is 9.84 Å². The van der Waals surface area contributed by atoms with E-state index in [2.05, 4.69) is 4.90 Å². The number of hydrogen-bond donors (Lipinski definition) is 1. The fourth-order valence-electron chi connectivity index (χ4n) is 2.61. The number of hydrogen-bond acceptors (Lipinski definition) is 3. The predicted molar refractivity (Wildman–Crippen MR) is 74.6 cm³/mol. The highest BCUT2D eigenvalue weighted by Gasteiger charge is 2.22. The van der Waals surface area contributed by atoms with E-state index in [4.69, 9.17) is 21.4 Å². The molecule has 0 saturated carbocycles. The summed E-state index contributed by atoms with van der Waals surface area (Å²) in [5, 5.41) is 9.79. The maximum Gasteiger partial charge on any atom is 0.142 e. The molecule has 0 aliphatic carbocycles. The van der Waals surface area contributed by atoms with Crippen molar-refractivity contribution in [2.75, 3.05) is 31.7 Å². The quantitative estimate of drug-likeness (QED) is 0.912. The number of anilines is 1. The van der Waals surface area contributed by atoms with Crippen molar-refractivity contribution in [3.8, 4) is 5.75 Å². The number of benzene rings is 1. The third-order valence-corrected chi connectivity index (χ3v) is 3.77. The summed E-state index contributed by atoms with van der Waals surface area (Å²) < 4.78 is 5.40. The van der Waals surface area contributed by atoms with Crippen LogP contribution in [0.3, 0.4) is 0 Å². The van der Waals surface area contributed by atoms with Crippen molar-refractivity contribution in [1.29, 1.82) is 0 Å². The molecule has 1 N–H and O–H groups in total. The van der Waals surface area contributed by atoms with Gasteiger partial charge in [-0.15, -0.1) is 0 Å². The number of methoxy groups -OCH3 is 1. The molecule has 0 amide bonds. The molecular weight excluding hydrogens is 250 g/mol. The molecule has 1 aliphatic heterocycles. The van der Waals surface area contributed by atoms with Gasteiger partial charge in [-0.3, -0.25) is 0 Å². The minimum atomic E-state index is 0.269. The molecule has 1 atom stereocenters. The lowest BCUT2D eigenvalue weighted by atomic mass is 9.94. The first-order valence-corrected chi connectivity index (χ1v) is 6.81. The minimum Gasteiger partial charge on any atom is -0.495 e. The average molecular weight is 270 g/mol. The van der Waals surface area contributed by atoms with Crippen molar-refractivity contribution in [2.45, 2.75) is 19.3 Å². The maximum atomic E-state index is 9.06. The third-order valence-electron chi connectivity index (χ3n) is 3.54. The number of piperidine rings is 1. The van der Waals surface area contributed by atoms with Crippen LogP contribution in [-0.2, 0) is 0 Å². The Morgan fingerprint density at radius 1 is 1.50 bits per heavy atom. The van der Waals surface area contributed by atoms with Gasteiger partial charge in [0.15, 0.2) is 0 Å². The largest absolute Gasteiger partial charge is 0.495 e. The number of halogens is 1. The standard InChI is InChI=1S/C14H20ClNO2/c1-18-14-5-4-12(15)9-13(14)16-7-2-3-11(10-16)6-8-17/h4-5,9,11,17H,2-3,6-8,10H2,1H3. The third kappa shape index (κ3) is 3.09. The van der Waals surface area contributed by atoms with Crippen LogP contribution < -0.4 is 9.64 Å². The number of aliphatic hydroxyl groups is 1. The molecule has 1 unspecified atom stereocenters. The van der Waals surface area contributed by atoms with Crippen LogP contribution in [0.1, 0.15) is 19.3 Å². The number of aliphatic hydroxyl groups excluding tert-OH is 1. The number of nitrogens with zero attached hydrogens (tertiary/aromatic N) is 1. The monoisotopic (exact) mass is 269 g/mol. The van der Waals surface area contributed by atoms with E-state index in [-0.39, 0.29) is 6.61 Å². The van der Waals surface area contributed by atoms with E-state index in [0.717, 1.165) is 42.4 Å². The second-order valence-corrected chi connectivity index (χ2v) is 5.22. The van der Waals surface area contributed by atoms with E-state index < -0.39 is 0 Å². The molecule has 1 fully saturated rings. The van der Waals surface area contributed by atoms with Gasteiger partial charge in [0.2, 0.25) is 0 Å². The summed E-state index contributed by atoms with van der Waals surface area (Å²) in [6.07, 6.45) is 3.22. The van der Waals surface area contributed by atoms with Gasteiger partial charge in [-0.2, -0.15) is 0 Å². The van der Waals surface area contributed by atoms with Crippen LogP contribution in [0, 0.1) is 5.92 Å². The van der Waals surface area contributed by atoms with Gasteiger partial charge in [-0.25, -0.2) is 0 Å². The lowest BCUT2D eigenvalue weighted by Crippen LogP contribution is -2.36. The molecule has 0 spiro atoms. The summed E-state index contributed by atoms with van der Waals surface area (Å²) in [6.45, 7) is 2.26. The van der Waals surface area contributed by atoms with Crippen LogP contribution in [0.15, 0.2) is 18.2 Å². The normalized spacial score (nSPS) is 19.9. The predicted octanol–water partition coefficient (Wildman–Crippen LogP) is 2.95. The Bertz CT molecular complexity index is 395. The number of rotatable bonds is 4. The van der Waals surface area contributed by atoms with Gasteiger partial charge in [0, 0.05) is 24.7 Å². The first-order valence-electron chi connectivity index (χ1n) is 6.44. The topological polar surface area (TPSA) is 32.7 Å². The zero-order valence-corrected chi connectivity index (χ0v) is 11.5. The van der Waals surface area contributed by atoms with Gasteiger partial charge in [0.05, 0.1) is 12.8 Å². The highest BCUT2D eigenvalue weighted by atomic mass is 35.5. The molecule has 0 bridgehead atoms. The highest BCUT2D eigenvalue weighted by molar-refractivity contribution is 6.30. The molecule has 1 saturated heterocycles. The Morgan fingerprint density at radius 3 is 3.06 bits per heavy atom. The smallest absolute Gasteiger partial charge is 0.142 e. The molecule has 0 radical (unpaired) electrons. The van der Waals surface area contributed by atoms with Crippen molar-refractivity contribution in [1.82, 2.24) is 0 Å². The molecule has 18 heavy (non-hydrogen) atoms. The van der Waals surface area contributed by atoms with Crippen molar-refractivity contribution in [3.05, 3.63) is 23.2 Å². The first-order chi connectivity index (χ1) is 8.74. The van der Waals surface area contributed by atoms with E-state index in [1.54, 1.807) is 7.11 Å². The Labute approximate surface area is 113 Å². The minimum absolute atomic E-state index is 0.269. The van der Waals surface area contributed by atoms with Crippen LogP contribution >= 0.6 is 11.6 Å². The summed E-state index contributed by atoms with van der Waals surface area (Å²) in [6, 6.07) is 5.72. The second-order valence-electron chi connectivity index (χ2n) is 4.78.